The van der Waals surface area contributed by atoms with E-state index in [-0.39, 0.29) is 13.2 Å². The fraction of sp³-hybridized carbons (Fsp3) is 1.00. The Labute approximate surface area is 131 Å². The van der Waals surface area contributed by atoms with E-state index < -0.39 is 20.6 Å². The van der Waals surface area contributed by atoms with E-state index in [1.165, 1.54) is 0 Å². The van der Waals surface area contributed by atoms with Crippen LogP contribution in [0.2, 0.25) is 0 Å². The second-order valence-electron chi connectivity index (χ2n) is 5.12. The van der Waals surface area contributed by atoms with Crippen molar-refractivity contribution in [2.75, 3.05) is 19.8 Å². The number of alkyl halides is 3. The summed E-state index contributed by atoms with van der Waals surface area (Å²) in [6, 6.07) is 0. The molecule has 0 amide bonds. The third-order valence-corrected chi connectivity index (χ3v) is 4.32. The highest BCUT2D eigenvalue weighted by atomic mass is 31.2. The predicted octanol–water partition coefficient (Wildman–Crippen LogP) is 5.87. The fourth-order valence-corrected chi connectivity index (χ4v) is 2.91. The van der Waals surface area contributed by atoms with Gasteiger partial charge in [-0.1, -0.05) is 52.4 Å². The summed E-state index contributed by atoms with van der Waals surface area (Å²) < 4.78 is 63.1. The van der Waals surface area contributed by atoms with Crippen LogP contribution < -0.4 is 0 Å². The Kier molecular flexibility index (Phi) is 12.3. The molecular weight excluding hydrogens is 320 g/mol. The van der Waals surface area contributed by atoms with Gasteiger partial charge in [0.2, 0.25) is 0 Å². The minimum Gasteiger partial charge on any atom is -0.287 e. The maximum Gasteiger partial charge on any atom is 0.475 e. The molecule has 0 aromatic rings. The molecule has 0 aliphatic rings. The van der Waals surface area contributed by atoms with E-state index in [2.05, 4.69) is 4.52 Å². The van der Waals surface area contributed by atoms with Crippen molar-refractivity contribution in [3.63, 3.8) is 0 Å². The first-order valence-corrected chi connectivity index (χ1v) is 9.39. The molecule has 0 spiro atoms. The summed E-state index contributed by atoms with van der Waals surface area (Å²) in [7, 11) is -4.13. The second kappa shape index (κ2) is 12.3. The van der Waals surface area contributed by atoms with Crippen molar-refractivity contribution < 1.29 is 31.3 Å². The minimum atomic E-state index is -4.56. The Morgan fingerprint density at radius 3 is 1.59 bits per heavy atom. The molecule has 0 saturated heterocycles. The zero-order valence-corrected chi connectivity index (χ0v) is 14.4. The summed E-state index contributed by atoms with van der Waals surface area (Å²) >= 11 is 0. The molecule has 0 rings (SSSR count). The van der Waals surface area contributed by atoms with Crippen molar-refractivity contribution in [1.82, 2.24) is 0 Å². The van der Waals surface area contributed by atoms with Gasteiger partial charge in [-0.25, -0.2) is 4.57 Å². The molecule has 0 radical (unpaired) electrons. The molecule has 0 N–H and O–H groups in total. The molecule has 0 fully saturated rings. The monoisotopic (exact) mass is 348 g/mol. The highest BCUT2D eigenvalue weighted by molar-refractivity contribution is 7.48. The Hall–Kier alpha value is -0.100. The molecule has 0 aromatic carbocycles. The molecule has 0 unspecified atom stereocenters. The summed E-state index contributed by atoms with van der Waals surface area (Å²) in [6.45, 7) is 2.59. The molecule has 134 valence electrons. The maximum absolute atomic E-state index is 12.2. The number of phosphoric acid groups is 1. The van der Waals surface area contributed by atoms with Crippen molar-refractivity contribution >= 4 is 7.82 Å². The average Bonchev–Trinajstić information content (AvgIpc) is 2.44. The Morgan fingerprint density at radius 1 is 0.773 bits per heavy atom. The van der Waals surface area contributed by atoms with Gasteiger partial charge < -0.3 is 0 Å². The van der Waals surface area contributed by atoms with Gasteiger partial charge in [-0.2, -0.15) is 13.2 Å². The Morgan fingerprint density at radius 2 is 1.23 bits per heavy atom. The van der Waals surface area contributed by atoms with Crippen LogP contribution in [-0.4, -0.2) is 26.0 Å². The lowest BCUT2D eigenvalue weighted by molar-refractivity contribution is -0.158. The van der Waals surface area contributed by atoms with Crippen LogP contribution in [0, 0.1) is 0 Å². The van der Waals surface area contributed by atoms with Gasteiger partial charge in [0, 0.05) is 0 Å². The van der Waals surface area contributed by atoms with Crippen molar-refractivity contribution in [3.05, 3.63) is 0 Å². The van der Waals surface area contributed by atoms with Gasteiger partial charge in [0.25, 0.3) is 0 Å². The molecule has 0 aliphatic carbocycles. The van der Waals surface area contributed by atoms with E-state index in [1.807, 2.05) is 13.8 Å². The molecule has 0 bridgehead atoms. The average molecular weight is 348 g/mol. The van der Waals surface area contributed by atoms with Gasteiger partial charge in [-0.05, 0) is 12.8 Å². The molecule has 0 atom stereocenters. The number of unbranched alkanes of at least 4 members (excludes halogenated alkanes) is 6. The number of phosphoric ester groups is 1. The second-order valence-corrected chi connectivity index (χ2v) is 6.79. The first kappa shape index (κ1) is 21.9. The van der Waals surface area contributed by atoms with Crippen LogP contribution >= 0.6 is 7.82 Å². The van der Waals surface area contributed by atoms with Gasteiger partial charge in [0.1, 0.15) is 0 Å². The highest BCUT2D eigenvalue weighted by Gasteiger charge is 2.35. The lowest BCUT2D eigenvalue weighted by Gasteiger charge is -2.19. The van der Waals surface area contributed by atoms with Gasteiger partial charge >= 0.3 is 14.0 Å². The summed E-state index contributed by atoms with van der Waals surface area (Å²) in [5.41, 5.74) is 0. The van der Waals surface area contributed by atoms with E-state index in [1.54, 1.807) is 0 Å². The molecular formula is C14H28F3O4P. The van der Waals surface area contributed by atoms with E-state index in [0.717, 1.165) is 38.5 Å². The van der Waals surface area contributed by atoms with Gasteiger partial charge in [0.15, 0.2) is 6.61 Å². The van der Waals surface area contributed by atoms with E-state index in [0.29, 0.717) is 12.8 Å². The molecule has 0 saturated carbocycles. The first-order chi connectivity index (χ1) is 10.3. The van der Waals surface area contributed by atoms with Crippen LogP contribution in [0.15, 0.2) is 0 Å². The van der Waals surface area contributed by atoms with E-state index in [9.17, 15) is 17.7 Å². The normalized spacial score (nSPS) is 12.8. The standard InChI is InChI=1S/C14H28F3O4P/c1-3-5-7-9-11-19-22(18,21-13-14(15,16)17)20-12-10-8-6-4-2/h3-13H2,1-2H3. The number of halogens is 3. The van der Waals surface area contributed by atoms with Gasteiger partial charge in [-0.15, -0.1) is 0 Å². The zero-order chi connectivity index (χ0) is 16.9. The number of hydrogen-bond acceptors (Lipinski definition) is 4. The van der Waals surface area contributed by atoms with Gasteiger partial charge in [-0.3, -0.25) is 13.6 Å². The molecule has 0 aromatic heterocycles. The van der Waals surface area contributed by atoms with Crippen LogP contribution in [-0.2, 0) is 18.1 Å². The van der Waals surface area contributed by atoms with Crippen LogP contribution in [0.25, 0.3) is 0 Å². The van der Waals surface area contributed by atoms with Crippen molar-refractivity contribution in [2.24, 2.45) is 0 Å². The predicted molar refractivity (Wildman–Crippen MR) is 79.8 cm³/mol. The smallest absolute Gasteiger partial charge is 0.287 e. The highest BCUT2D eigenvalue weighted by Crippen LogP contribution is 2.50. The third kappa shape index (κ3) is 13.6. The fourth-order valence-electron chi connectivity index (χ4n) is 1.67. The largest absolute Gasteiger partial charge is 0.475 e. The molecule has 8 heteroatoms. The summed E-state index contributed by atoms with van der Waals surface area (Å²) in [6.07, 6.45) is 2.44. The molecule has 4 nitrogen and oxygen atoms in total. The molecule has 0 heterocycles. The van der Waals surface area contributed by atoms with Crippen LogP contribution in [0.5, 0.6) is 0 Å². The third-order valence-electron chi connectivity index (χ3n) is 2.88. The summed E-state index contributed by atoms with van der Waals surface area (Å²) in [5.74, 6) is 0. The van der Waals surface area contributed by atoms with E-state index >= 15 is 0 Å². The van der Waals surface area contributed by atoms with Crippen LogP contribution in [0.4, 0.5) is 13.2 Å². The maximum atomic E-state index is 12.2. The van der Waals surface area contributed by atoms with E-state index in [4.69, 9.17) is 9.05 Å². The molecule has 0 aliphatic heterocycles. The zero-order valence-electron chi connectivity index (χ0n) is 13.5. The molecule has 22 heavy (non-hydrogen) atoms. The number of rotatable bonds is 14. The summed E-state index contributed by atoms with van der Waals surface area (Å²) in [4.78, 5) is 0. The Balaban J connectivity index is 4.20. The van der Waals surface area contributed by atoms with Crippen molar-refractivity contribution in [2.45, 2.75) is 71.4 Å². The van der Waals surface area contributed by atoms with Gasteiger partial charge in [0.05, 0.1) is 13.2 Å². The first-order valence-electron chi connectivity index (χ1n) is 7.93. The topological polar surface area (TPSA) is 44.8 Å². The van der Waals surface area contributed by atoms with Crippen LogP contribution in [0.1, 0.15) is 65.2 Å². The lowest BCUT2D eigenvalue weighted by atomic mass is 10.2. The van der Waals surface area contributed by atoms with Crippen LogP contribution in [0.3, 0.4) is 0 Å². The summed E-state index contributed by atoms with van der Waals surface area (Å²) in [5, 5.41) is 0. The Bertz CT molecular complexity index is 293. The minimum absolute atomic E-state index is 0.0735. The SMILES string of the molecule is CCCCCCOP(=O)(OCCCCCC)OCC(F)(F)F. The van der Waals surface area contributed by atoms with Crippen molar-refractivity contribution in [1.29, 1.82) is 0 Å². The lowest BCUT2D eigenvalue weighted by Crippen LogP contribution is -2.17. The van der Waals surface area contributed by atoms with Crippen molar-refractivity contribution in [3.8, 4) is 0 Å². The quantitative estimate of drug-likeness (QED) is 0.291. The number of hydrogen-bond donors (Lipinski definition) is 0.